The topological polar surface area (TPSA) is 63.9 Å². The number of hydrogen-bond donors (Lipinski definition) is 1. The molecule has 0 aliphatic heterocycles. The van der Waals surface area contributed by atoms with Crippen molar-refractivity contribution in [2.45, 2.75) is 13.8 Å². The van der Waals surface area contributed by atoms with E-state index in [1.165, 1.54) is 5.56 Å². The van der Waals surface area contributed by atoms with Gasteiger partial charge in [-0.25, -0.2) is 4.40 Å². The monoisotopic (exact) mass is 430 g/mol. The lowest BCUT2D eigenvalue weighted by Gasteiger charge is -2.14. The number of fused-ring (bicyclic) bond motifs is 3. The number of aryl methyl sites for hydroxylation is 2. The molecule has 0 radical (unpaired) electrons. The summed E-state index contributed by atoms with van der Waals surface area (Å²) in [5.74, 6) is 1.35. The van der Waals surface area contributed by atoms with Crippen molar-refractivity contribution in [3.05, 3.63) is 108 Å². The molecule has 3 heterocycles. The van der Waals surface area contributed by atoms with Crippen LogP contribution in [0.2, 0.25) is 0 Å². The minimum absolute atomic E-state index is 0.388. The summed E-state index contributed by atoms with van der Waals surface area (Å²) in [6, 6.07) is 28.4. The minimum atomic E-state index is 0.388. The molecule has 3 aromatic heterocycles. The van der Waals surface area contributed by atoms with Gasteiger partial charge in [-0.2, -0.15) is 0 Å². The molecule has 160 valence electrons. The molecule has 0 unspecified atom stereocenters. The van der Waals surface area contributed by atoms with E-state index in [1.54, 1.807) is 0 Å². The standard InChI is InChI=1S/C27H22N6/c1-18-13-15-20(16-14-18)25-29-30-27-32(22-11-7-4-8-12-22)24(28)23-19(2)17-31(26(23)33(25)27)21-9-5-3-6-10-21/h3-17,28H,1-2H3. The highest BCUT2D eigenvalue weighted by atomic mass is 15.3. The van der Waals surface area contributed by atoms with Crippen LogP contribution < -0.4 is 5.49 Å². The highest BCUT2D eigenvalue weighted by molar-refractivity contribution is 5.85. The summed E-state index contributed by atoms with van der Waals surface area (Å²) < 4.78 is 6.08. The van der Waals surface area contributed by atoms with Crippen LogP contribution in [-0.4, -0.2) is 23.7 Å². The lowest BCUT2D eigenvalue weighted by atomic mass is 10.1. The van der Waals surface area contributed by atoms with Crippen LogP contribution in [0.1, 0.15) is 11.1 Å². The molecule has 0 bridgehead atoms. The van der Waals surface area contributed by atoms with Gasteiger partial charge in [-0.1, -0.05) is 66.2 Å². The minimum Gasteiger partial charge on any atom is -0.302 e. The number of benzene rings is 3. The van der Waals surface area contributed by atoms with Gasteiger partial charge in [0.2, 0.25) is 5.78 Å². The van der Waals surface area contributed by atoms with Crippen molar-refractivity contribution in [2.75, 3.05) is 0 Å². The van der Waals surface area contributed by atoms with Crippen molar-refractivity contribution < 1.29 is 0 Å². The smallest absolute Gasteiger partial charge is 0.243 e. The first-order valence-electron chi connectivity index (χ1n) is 10.9. The van der Waals surface area contributed by atoms with Crippen molar-refractivity contribution in [3.63, 3.8) is 0 Å². The second-order valence-corrected chi connectivity index (χ2v) is 8.26. The predicted octanol–water partition coefficient (Wildman–Crippen LogP) is 5.23. The second kappa shape index (κ2) is 7.31. The maximum Gasteiger partial charge on any atom is 0.243 e. The molecule has 0 amide bonds. The summed E-state index contributed by atoms with van der Waals surface area (Å²) in [6.45, 7) is 4.13. The molecule has 0 aliphatic rings. The average Bonchev–Trinajstić information content (AvgIpc) is 3.42. The maximum atomic E-state index is 9.19. The number of nitrogens with zero attached hydrogens (tertiary/aromatic N) is 5. The fourth-order valence-electron chi connectivity index (χ4n) is 4.45. The van der Waals surface area contributed by atoms with Gasteiger partial charge in [0, 0.05) is 17.4 Å². The first kappa shape index (κ1) is 19.3. The molecule has 0 spiro atoms. The van der Waals surface area contributed by atoms with Gasteiger partial charge in [0.05, 0.1) is 11.1 Å². The van der Waals surface area contributed by atoms with Crippen molar-refractivity contribution in [1.82, 2.24) is 23.7 Å². The Morgan fingerprint density at radius 2 is 1.36 bits per heavy atom. The Bertz CT molecular complexity index is 1670. The maximum absolute atomic E-state index is 9.19. The first-order chi connectivity index (χ1) is 16.1. The van der Waals surface area contributed by atoms with Crippen LogP contribution >= 0.6 is 0 Å². The van der Waals surface area contributed by atoms with Gasteiger partial charge in [-0.3, -0.25) is 9.98 Å². The van der Waals surface area contributed by atoms with Gasteiger partial charge < -0.3 is 4.57 Å². The molecular weight excluding hydrogens is 408 g/mol. The summed E-state index contributed by atoms with van der Waals surface area (Å²) in [5.41, 5.74) is 6.36. The van der Waals surface area contributed by atoms with Gasteiger partial charge >= 0.3 is 0 Å². The quantitative estimate of drug-likeness (QED) is 0.418. The zero-order chi connectivity index (χ0) is 22.5. The summed E-state index contributed by atoms with van der Waals surface area (Å²) in [4.78, 5) is 0. The van der Waals surface area contributed by atoms with E-state index < -0.39 is 0 Å². The van der Waals surface area contributed by atoms with E-state index in [9.17, 15) is 5.41 Å². The molecule has 1 N–H and O–H groups in total. The highest BCUT2D eigenvalue weighted by Gasteiger charge is 2.22. The van der Waals surface area contributed by atoms with E-state index in [1.807, 2.05) is 53.1 Å². The predicted molar refractivity (Wildman–Crippen MR) is 130 cm³/mol. The fraction of sp³-hybridized carbons (Fsp3) is 0.0741. The number of para-hydroxylation sites is 2. The van der Waals surface area contributed by atoms with Crippen LogP contribution in [0.25, 0.3) is 39.6 Å². The Morgan fingerprint density at radius 1 is 0.727 bits per heavy atom. The van der Waals surface area contributed by atoms with E-state index in [4.69, 9.17) is 0 Å². The van der Waals surface area contributed by atoms with E-state index in [2.05, 4.69) is 75.6 Å². The molecule has 0 aliphatic carbocycles. The summed E-state index contributed by atoms with van der Waals surface area (Å²) in [7, 11) is 0. The van der Waals surface area contributed by atoms with E-state index in [0.29, 0.717) is 11.3 Å². The first-order valence-corrected chi connectivity index (χ1v) is 10.9. The zero-order valence-electron chi connectivity index (χ0n) is 18.4. The van der Waals surface area contributed by atoms with Crippen LogP contribution in [0.3, 0.4) is 0 Å². The molecule has 6 heteroatoms. The van der Waals surface area contributed by atoms with Crippen molar-refractivity contribution in [3.8, 4) is 22.8 Å². The van der Waals surface area contributed by atoms with Crippen molar-refractivity contribution in [2.24, 2.45) is 0 Å². The van der Waals surface area contributed by atoms with Crippen molar-refractivity contribution in [1.29, 1.82) is 5.41 Å². The number of rotatable bonds is 3. The normalized spacial score (nSPS) is 11.5. The Kier molecular flexibility index (Phi) is 4.26. The largest absolute Gasteiger partial charge is 0.302 e. The fourth-order valence-corrected chi connectivity index (χ4v) is 4.45. The third kappa shape index (κ3) is 2.91. The van der Waals surface area contributed by atoms with Crippen LogP contribution in [0.4, 0.5) is 0 Å². The zero-order valence-corrected chi connectivity index (χ0v) is 18.4. The molecule has 6 rings (SSSR count). The Labute approximate surface area is 190 Å². The van der Waals surface area contributed by atoms with E-state index in [-0.39, 0.29) is 0 Å². The lowest BCUT2D eigenvalue weighted by molar-refractivity contribution is 0.911. The molecule has 0 saturated heterocycles. The molecule has 3 aromatic carbocycles. The SMILES string of the molecule is Cc1ccc(-c2nnc3n(-c4ccccc4)c(=N)c4c(C)cn(-c5ccccc5)c4n23)cc1. The lowest BCUT2D eigenvalue weighted by Crippen LogP contribution is -2.22. The van der Waals surface area contributed by atoms with Gasteiger partial charge in [0.15, 0.2) is 5.82 Å². The number of nitrogens with one attached hydrogen (secondary N) is 1. The highest BCUT2D eigenvalue weighted by Crippen LogP contribution is 2.28. The van der Waals surface area contributed by atoms with Crippen molar-refractivity contribution >= 4 is 16.8 Å². The van der Waals surface area contributed by atoms with E-state index >= 15 is 0 Å². The van der Waals surface area contributed by atoms with Gasteiger partial charge in [-0.15, -0.1) is 10.2 Å². The van der Waals surface area contributed by atoms with Gasteiger partial charge in [-0.05, 0) is 43.7 Å². The molecule has 0 atom stereocenters. The Balaban J connectivity index is 1.83. The molecule has 33 heavy (non-hydrogen) atoms. The molecule has 6 nitrogen and oxygen atoms in total. The van der Waals surface area contributed by atoms with Gasteiger partial charge in [0.1, 0.15) is 11.1 Å². The van der Waals surface area contributed by atoms with Crippen LogP contribution in [-0.2, 0) is 0 Å². The third-order valence-electron chi connectivity index (χ3n) is 6.05. The molecular formula is C27H22N6. The summed E-state index contributed by atoms with van der Waals surface area (Å²) in [6.07, 6.45) is 2.09. The Hall–Kier alpha value is -4.45. The second-order valence-electron chi connectivity index (χ2n) is 8.26. The summed E-state index contributed by atoms with van der Waals surface area (Å²) in [5, 5.41) is 19.3. The van der Waals surface area contributed by atoms with Crippen LogP contribution in [0.5, 0.6) is 0 Å². The molecule has 0 fully saturated rings. The van der Waals surface area contributed by atoms with Crippen LogP contribution in [0, 0.1) is 19.3 Å². The number of aromatic nitrogens is 5. The van der Waals surface area contributed by atoms with Crippen LogP contribution in [0.15, 0.2) is 91.1 Å². The van der Waals surface area contributed by atoms with Gasteiger partial charge in [0.25, 0.3) is 0 Å². The Morgan fingerprint density at radius 3 is 2.03 bits per heavy atom. The molecule has 0 saturated carbocycles. The molecule has 6 aromatic rings. The third-order valence-corrected chi connectivity index (χ3v) is 6.05. The summed E-state index contributed by atoms with van der Waals surface area (Å²) >= 11 is 0. The average molecular weight is 431 g/mol. The number of hydrogen-bond acceptors (Lipinski definition) is 3. The van der Waals surface area contributed by atoms with E-state index in [0.717, 1.165) is 39.4 Å².